The van der Waals surface area contributed by atoms with Crippen LogP contribution in [0.15, 0.2) is 23.5 Å². The second kappa shape index (κ2) is 6.29. The van der Waals surface area contributed by atoms with Gasteiger partial charge in [-0.3, -0.25) is 4.98 Å². The summed E-state index contributed by atoms with van der Waals surface area (Å²) in [6, 6.07) is 2.90. The summed E-state index contributed by atoms with van der Waals surface area (Å²) in [6.45, 7) is 2.41. The first-order valence-electron chi connectivity index (χ1n) is 6.18. The molecule has 1 aromatic rings. The van der Waals surface area contributed by atoms with Gasteiger partial charge in [0.05, 0.1) is 17.9 Å². The normalized spacial score (nSPS) is 20.1. The summed E-state index contributed by atoms with van der Waals surface area (Å²) in [5, 5.41) is 12.9. The molecule has 1 aliphatic heterocycles. The highest BCUT2D eigenvalue weighted by Gasteiger charge is 2.15. The molecule has 0 bridgehead atoms. The van der Waals surface area contributed by atoms with Crippen LogP contribution in [0, 0.1) is 0 Å². The van der Waals surface area contributed by atoms with Crippen LogP contribution in [-0.4, -0.2) is 34.7 Å². The highest BCUT2D eigenvalue weighted by Crippen LogP contribution is 2.14. The Hall–Kier alpha value is -1.95. The van der Waals surface area contributed by atoms with Crippen molar-refractivity contribution in [3.63, 3.8) is 0 Å². The highest BCUT2D eigenvalue weighted by atomic mass is 16.8. The fourth-order valence-electron chi connectivity index (χ4n) is 1.74. The predicted molar refractivity (Wildman–Crippen MR) is 68.1 cm³/mol. The van der Waals surface area contributed by atoms with E-state index in [9.17, 15) is 4.79 Å². The Morgan fingerprint density at radius 1 is 1.58 bits per heavy atom. The molecule has 1 aromatic heterocycles. The van der Waals surface area contributed by atoms with E-state index in [0.29, 0.717) is 18.0 Å². The number of nitrogens with zero attached hydrogens (tertiary/aromatic N) is 2. The van der Waals surface area contributed by atoms with E-state index in [1.54, 1.807) is 6.92 Å². The number of carbonyl (C=O) groups is 1. The Labute approximate surface area is 111 Å². The third-order valence-electron chi connectivity index (χ3n) is 2.82. The molecular formula is C13H16N2O4. The maximum atomic E-state index is 10.9. The van der Waals surface area contributed by atoms with Crippen molar-refractivity contribution in [1.29, 1.82) is 0 Å². The average Bonchev–Trinajstić information content (AvgIpc) is 2.46. The number of rotatable bonds is 4. The van der Waals surface area contributed by atoms with Crippen LogP contribution < -0.4 is 0 Å². The molecule has 1 unspecified atom stereocenters. The summed E-state index contributed by atoms with van der Waals surface area (Å²) in [6.07, 6.45) is 4.05. The van der Waals surface area contributed by atoms with Crippen LogP contribution in [0.25, 0.3) is 0 Å². The Morgan fingerprint density at radius 3 is 3.11 bits per heavy atom. The number of carboxylic acids is 1. The van der Waals surface area contributed by atoms with Crippen molar-refractivity contribution in [2.75, 3.05) is 6.61 Å². The fourth-order valence-corrected chi connectivity index (χ4v) is 1.74. The van der Waals surface area contributed by atoms with Gasteiger partial charge in [0.2, 0.25) is 6.29 Å². The summed E-state index contributed by atoms with van der Waals surface area (Å²) < 4.78 is 5.38. The van der Waals surface area contributed by atoms with E-state index in [2.05, 4.69) is 10.1 Å². The van der Waals surface area contributed by atoms with Crippen molar-refractivity contribution in [1.82, 2.24) is 4.98 Å². The molecule has 2 rings (SSSR count). The molecule has 102 valence electrons. The molecule has 1 N–H and O–H groups in total. The Morgan fingerprint density at radius 2 is 2.42 bits per heavy atom. The monoisotopic (exact) mass is 264 g/mol. The predicted octanol–water partition coefficient (Wildman–Crippen LogP) is 2.05. The number of oxime groups is 1. The minimum absolute atomic E-state index is 0.175. The van der Waals surface area contributed by atoms with Gasteiger partial charge < -0.3 is 14.7 Å². The van der Waals surface area contributed by atoms with Gasteiger partial charge in [-0.25, -0.2) is 4.79 Å². The maximum absolute atomic E-state index is 10.9. The van der Waals surface area contributed by atoms with Crippen molar-refractivity contribution in [2.24, 2.45) is 5.16 Å². The lowest BCUT2D eigenvalue weighted by atomic mass is 10.2. The largest absolute Gasteiger partial charge is 0.478 e. The van der Waals surface area contributed by atoms with E-state index < -0.39 is 5.97 Å². The summed E-state index contributed by atoms with van der Waals surface area (Å²) >= 11 is 0. The van der Waals surface area contributed by atoms with Crippen LogP contribution in [0.4, 0.5) is 0 Å². The van der Waals surface area contributed by atoms with Gasteiger partial charge >= 0.3 is 5.97 Å². The van der Waals surface area contributed by atoms with Crippen LogP contribution in [-0.2, 0) is 9.57 Å². The van der Waals surface area contributed by atoms with E-state index in [1.807, 2.05) is 0 Å². The van der Waals surface area contributed by atoms with Crippen molar-refractivity contribution in [3.05, 3.63) is 29.6 Å². The average molecular weight is 264 g/mol. The van der Waals surface area contributed by atoms with Crippen molar-refractivity contribution in [2.45, 2.75) is 32.5 Å². The zero-order chi connectivity index (χ0) is 13.7. The number of hydrogen-bond acceptors (Lipinski definition) is 5. The van der Waals surface area contributed by atoms with Gasteiger partial charge in [0, 0.05) is 12.6 Å². The number of ether oxygens (including phenoxy) is 1. The lowest BCUT2D eigenvalue weighted by Crippen LogP contribution is -2.20. The van der Waals surface area contributed by atoms with Crippen LogP contribution in [0.1, 0.15) is 42.2 Å². The van der Waals surface area contributed by atoms with E-state index >= 15 is 0 Å². The Kier molecular flexibility index (Phi) is 4.46. The number of aromatic nitrogens is 1. The second-order valence-corrected chi connectivity index (χ2v) is 4.31. The molecule has 0 spiro atoms. The standard InChI is InChI=1S/C13H16N2O4/c1-9(15-19-12-4-2-3-7-18-12)11-8-10(13(16)17)5-6-14-11/h5-6,8,12H,2-4,7H2,1H3,(H,16,17)/b15-9+. The van der Waals surface area contributed by atoms with Crippen LogP contribution >= 0.6 is 0 Å². The molecule has 0 saturated carbocycles. The van der Waals surface area contributed by atoms with Gasteiger partial charge in [0.15, 0.2) is 0 Å². The van der Waals surface area contributed by atoms with Crippen molar-refractivity contribution < 1.29 is 19.5 Å². The topological polar surface area (TPSA) is 81.0 Å². The van der Waals surface area contributed by atoms with Crippen molar-refractivity contribution in [3.8, 4) is 0 Å². The first kappa shape index (κ1) is 13.5. The lowest BCUT2D eigenvalue weighted by Gasteiger charge is -2.20. The molecule has 0 aromatic carbocycles. The van der Waals surface area contributed by atoms with Gasteiger partial charge in [0.1, 0.15) is 5.71 Å². The van der Waals surface area contributed by atoms with Crippen LogP contribution in [0.3, 0.4) is 0 Å². The summed E-state index contributed by atoms with van der Waals surface area (Å²) in [7, 11) is 0. The van der Waals surface area contributed by atoms with Gasteiger partial charge in [-0.2, -0.15) is 0 Å². The molecule has 6 nitrogen and oxygen atoms in total. The molecule has 1 aliphatic rings. The highest BCUT2D eigenvalue weighted by molar-refractivity contribution is 5.98. The molecule has 0 aliphatic carbocycles. The number of pyridine rings is 1. The zero-order valence-corrected chi connectivity index (χ0v) is 10.7. The van der Waals surface area contributed by atoms with E-state index in [1.165, 1.54) is 18.3 Å². The van der Waals surface area contributed by atoms with Crippen molar-refractivity contribution >= 4 is 11.7 Å². The molecule has 1 fully saturated rings. The number of aromatic carboxylic acids is 1. The second-order valence-electron chi connectivity index (χ2n) is 4.31. The molecule has 0 amide bonds. The summed E-state index contributed by atoms with van der Waals surface area (Å²) in [5.41, 5.74) is 1.18. The maximum Gasteiger partial charge on any atom is 0.335 e. The minimum Gasteiger partial charge on any atom is -0.478 e. The van der Waals surface area contributed by atoms with Crippen LogP contribution in [0.2, 0.25) is 0 Å². The van der Waals surface area contributed by atoms with E-state index in [-0.39, 0.29) is 11.9 Å². The van der Waals surface area contributed by atoms with E-state index in [4.69, 9.17) is 14.7 Å². The molecular weight excluding hydrogens is 248 g/mol. The van der Waals surface area contributed by atoms with Crippen LogP contribution in [0.5, 0.6) is 0 Å². The first-order chi connectivity index (χ1) is 9.16. The summed E-state index contributed by atoms with van der Waals surface area (Å²) in [4.78, 5) is 20.2. The number of hydrogen-bond donors (Lipinski definition) is 1. The molecule has 6 heteroatoms. The molecule has 1 atom stereocenters. The smallest absolute Gasteiger partial charge is 0.335 e. The lowest BCUT2D eigenvalue weighted by molar-refractivity contribution is -0.162. The first-order valence-corrected chi connectivity index (χ1v) is 6.18. The van der Waals surface area contributed by atoms with Gasteiger partial charge in [-0.05, 0) is 31.9 Å². The molecule has 19 heavy (non-hydrogen) atoms. The van der Waals surface area contributed by atoms with Gasteiger partial charge in [0.25, 0.3) is 0 Å². The Balaban J connectivity index is 2.03. The molecule has 2 heterocycles. The third-order valence-corrected chi connectivity index (χ3v) is 2.82. The quantitative estimate of drug-likeness (QED) is 0.665. The Bertz CT molecular complexity index is 481. The van der Waals surface area contributed by atoms with Gasteiger partial charge in [-0.15, -0.1) is 0 Å². The third kappa shape index (κ3) is 3.75. The minimum atomic E-state index is -0.993. The molecule has 0 radical (unpaired) electrons. The number of carboxylic acid groups (broad SMARTS) is 1. The SMILES string of the molecule is C/C(=N\OC1CCCCO1)c1cc(C(=O)O)ccn1. The van der Waals surface area contributed by atoms with E-state index in [0.717, 1.165) is 19.3 Å². The summed E-state index contributed by atoms with van der Waals surface area (Å²) in [5.74, 6) is -0.993. The zero-order valence-electron chi connectivity index (χ0n) is 10.7. The molecule has 1 saturated heterocycles. The fraction of sp³-hybridized carbons (Fsp3) is 0.462. The van der Waals surface area contributed by atoms with Gasteiger partial charge in [-0.1, -0.05) is 5.16 Å².